The summed E-state index contributed by atoms with van der Waals surface area (Å²) in [7, 11) is 0. The molecule has 0 saturated carbocycles. The van der Waals surface area contributed by atoms with Crippen LogP contribution in [0.25, 0.3) is 5.57 Å². The van der Waals surface area contributed by atoms with E-state index in [1.54, 1.807) is 0 Å². The smallest absolute Gasteiger partial charge is 0.256 e. The molecule has 2 rings (SSSR count). The van der Waals surface area contributed by atoms with Crippen LogP contribution in [0.15, 0.2) is 24.3 Å². The minimum Gasteiger partial charge on any atom is -0.350 e. The molecular formula is C19H29N3O. The number of hydrogen-bond acceptors (Lipinski definition) is 3. The molecule has 0 fully saturated rings. The minimum absolute atomic E-state index is 0.119. The van der Waals surface area contributed by atoms with Gasteiger partial charge in [-0.1, -0.05) is 37.5 Å². The summed E-state index contributed by atoms with van der Waals surface area (Å²) < 4.78 is 0. The Labute approximate surface area is 139 Å². The fourth-order valence-electron chi connectivity index (χ4n) is 3.60. The molecule has 0 bridgehead atoms. The van der Waals surface area contributed by atoms with Crippen LogP contribution < -0.4 is 16.2 Å². The van der Waals surface area contributed by atoms with Crippen LogP contribution in [-0.2, 0) is 4.79 Å². The zero-order valence-corrected chi connectivity index (χ0v) is 14.9. The van der Waals surface area contributed by atoms with E-state index < -0.39 is 0 Å². The lowest BCUT2D eigenvalue weighted by molar-refractivity contribution is -0.122. The lowest BCUT2D eigenvalue weighted by Crippen LogP contribution is -2.57. The number of rotatable bonds is 5. The standard InChI is InChI=1S/C19H29N3O/c1-6-7-8-17(18(23)21-20)22-16-10-9-13(2)11-15(16)14(3)12-19(22,4)5/h9-12,17H,6-8,20H2,1-5H3,(H,21,23)/t17-/m1/s1. The summed E-state index contributed by atoms with van der Waals surface area (Å²) in [5, 5.41) is 0. The first-order valence-electron chi connectivity index (χ1n) is 8.42. The number of aryl methyl sites for hydroxylation is 1. The van der Waals surface area contributed by atoms with E-state index in [1.807, 2.05) is 0 Å². The van der Waals surface area contributed by atoms with E-state index >= 15 is 0 Å². The van der Waals surface area contributed by atoms with Crippen LogP contribution in [-0.4, -0.2) is 17.5 Å². The van der Waals surface area contributed by atoms with Gasteiger partial charge in [-0.3, -0.25) is 10.2 Å². The normalized spacial score (nSPS) is 17.3. The average Bonchev–Trinajstić information content (AvgIpc) is 2.49. The van der Waals surface area contributed by atoms with Crippen LogP contribution in [0.5, 0.6) is 0 Å². The Hall–Kier alpha value is -1.81. The number of nitrogens with two attached hydrogens (primary N) is 1. The maximum Gasteiger partial charge on any atom is 0.256 e. The molecular weight excluding hydrogens is 286 g/mol. The van der Waals surface area contributed by atoms with E-state index in [4.69, 9.17) is 5.84 Å². The molecule has 4 heteroatoms. The van der Waals surface area contributed by atoms with Crippen molar-refractivity contribution in [2.24, 2.45) is 5.84 Å². The Balaban J connectivity index is 2.55. The molecule has 1 amide bonds. The summed E-state index contributed by atoms with van der Waals surface area (Å²) in [5.74, 6) is 5.35. The third-order valence-electron chi connectivity index (χ3n) is 4.61. The highest BCUT2D eigenvalue weighted by atomic mass is 16.2. The van der Waals surface area contributed by atoms with E-state index in [1.165, 1.54) is 16.7 Å². The van der Waals surface area contributed by atoms with Crippen LogP contribution in [0.1, 0.15) is 58.1 Å². The zero-order chi connectivity index (χ0) is 17.2. The maximum absolute atomic E-state index is 12.5. The molecule has 1 heterocycles. The fraction of sp³-hybridized carbons (Fsp3) is 0.526. The topological polar surface area (TPSA) is 58.4 Å². The SMILES string of the molecule is CCCC[C@H](C(=O)NN)N1c2ccc(C)cc2C(C)=CC1(C)C. The number of hydrazine groups is 1. The van der Waals surface area contributed by atoms with Crippen molar-refractivity contribution >= 4 is 17.2 Å². The number of allylic oxidation sites excluding steroid dienone is 1. The van der Waals surface area contributed by atoms with Gasteiger partial charge in [0.25, 0.3) is 5.91 Å². The second-order valence-corrected chi connectivity index (χ2v) is 7.04. The number of carbonyl (C=O) groups is 1. The summed E-state index contributed by atoms with van der Waals surface area (Å²) in [6.07, 6.45) is 5.09. The summed E-state index contributed by atoms with van der Waals surface area (Å²) in [5.41, 5.74) is 6.93. The molecule has 126 valence electrons. The second kappa shape index (κ2) is 6.75. The van der Waals surface area contributed by atoms with Gasteiger partial charge in [0, 0.05) is 11.3 Å². The number of amides is 1. The predicted octanol–water partition coefficient (Wildman–Crippen LogP) is 3.55. The Morgan fingerprint density at radius 3 is 2.65 bits per heavy atom. The van der Waals surface area contributed by atoms with Crippen LogP contribution in [0.3, 0.4) is 0 Å². The first-order chi connectivity index (χ1) is 10.8. The Morgan fingerprint density at radius 2 is 2.04 bits per heavy atom. The highest BCUT2D eigenvalue weighted by Gasteiger charge is 2.38. The average molecular weight is 315 g/mol. The maximum atomic E-state index is 12.5. The summed E-state index contributed by atoms with van der Waals surface area (Å²) in [6, 6.07) is 6.17. The zero-order valence-electron chi connectivity index (χ0n) is 14.9. The van der Waals surface area contributed by atoms with E-state index in [0.29, 0.717) is 0 Å². The minimum atomic E-state index is -0.263. The first-order valence-corrected chi connectivity index (χ1v) is 8.42. The third kappa shape index (κ3) is 3.42. The number of unbranched alkanes of at least 4 members (excludes halogenated alkanes) is 1. The first kappa shape index (κ1) is 17.5. The molecule has 23 heavy (non-hydrogen) atoms. The molecule has 0 saturated heterocycles. The van der Waals surface area contributed by atoms with Crippen molar-refractivity contribution in [3.05, 3.63) is 35.4 Å². The van der Waals surface area contributed by atoms with Gasteiger partial charge in [0.15, 0.2) is 0 Å². The van der Waals surface area contributed by atoms with Crippen LogP contribution >= 0.6 is 0 Å². The predicted molar refractivity (Wildman–Crippen MR) is 97.0 cm³/mol. The third-order valence-corrected chi connectivity index (χ3v) is 4.61. The van der Waals surface area contributed by atoms with Crippen LogP contribution in [0, 0.1) is 6.92 Å². The van der Waals surface area contributed by atoms with Gasteiger partial charge in [-0.05, 0) is 51.8 Å². The van der Waals surface area contributed by atoms with Gasteiger partial charge in [0.2, 0.25) is 0 Å². The Kier molecular flexibility index (Phi) is 5.15. The molecule has 0 radical (unpaired) electrons. The molecule has 1 atom stereocenters. The Bertz CT molecular complexity index is 619. The van der Waals surface area contributed by atoms with Crippen molar-refractivity contribution in [2.45, 2.75) is 65.5 Å². The van der Waals surface area contributed by atoms with Crippen molar-refractivity contribution in [1.29, 1.82) is 0 Å². The summed E-state index contributed by atoms with van der Waals surface area (Å²) in [4.78, 5) is 14.7. The monoisotopic (exact) mass is 315 g/mol. The summed E-state index contributed by atoms with van der Waals surface area (Å²) in [6.45, 7) is 10.7. The molecule has 0 spiro atoms. The number of nitrogens with one attached hydrogen (secondary N) is 1. The van der Waals surface area contributed by atoms with Gasteiger partial charge < -0.3 is 4.90 Å². The van der Waals surface area contributed by atoms with Gasteiger partial charge >= 0.3 is 0 Å². The molecule has 1 aliphatic heterocycles. The lowest BCUT2D eigenvalue weighted by atomic mass is 9.85. The van der Waals surface area contributed by atoms with Crippen molar-refractivity contribution < 1.29 is 4.79 Å². The van der Waals surface area contributed by atoms with Gasteiger partial charge in [-0.2, -0.15) is 0 Å². The van der Waals surface area contributed by atoms with Crippen molar-refractivity contribution in [3.8, 4) is 0 Å². The number of carbonyl (C=O) groups excluding carboxylic acids is 1. The molecule has 0 unspecified atom stereocenters. The lowest BCUT2D eigenvalue weighted by Gasteiger charge is -2.47. The van der Waals surface area contributed by atoms with Crippen molar-refractivity contribution in [1.82, 2.24) is 5.43 Å². The molecule has 4 nitrogen and oxygen atoms in total. The number of fused-ring (bicyclic) bond motifs is 1. The van der Waals surface area contributed by atoms with Crippen LogP contribution in [0.2, 0.25) is 0 Å². The summed E-state index contributed by atoms with van der Waals surface area (Å²) >= 11 is 0. The molecule has 0 aliphatic carbocycles. The number of hydrogen-bond donors (Lipinski definition) is 2. The van der Waals surface area contributed by atoms with E-state index in [9.17, 15) is 4.79 Å². The van der Waals surface area contributed by atoms with E-state index in [0.717, 1.165) is 24.9 Å². The van der Waals surface area contributed by atoms with Crippen molar-refractivity contribution in [3.63, 3.8) is 0 Å². The van der Waals surface area contributed by atoms with Gasteiger partial charge in [0.1, 0.15) is 6.04 Å². The van der Waals surface area contributed by atoms with E-state index in [2.05, 4.69) is 69.2 Å². The molecule has 1 aliphatic rings. The van der Waals surface area contributed by atoms with Crippen LogP contribution in [0.4, 0.5) is 5.69 Å². The molecule has 1 aromatic rings. The largest absolute Gasteiger partial charge is 0.350 e. The fourth-order valence-corrected chi connectivity index (χ4v) is 3.60. The number of nitrogens with zero attached hydrogens (tertiary/aromatic N) is 1. The number of benzene rings is 1. The molecule has 1 aromatic carbocycles. The van der Waals surface area contributed by atoms with Gasteiger partial charge in [0.05, 0.1) is 5.54 Å². The van der Waals surface area contributed by atoms with Crippen molar-refractivity contribution in [2.75, 3.05) is 4.90 Å². The number of anilines is 1. The quantitative estimate of drug-likeness (QED) is 0.496. The molecule has 0 aromatic heterocycles. The highest BCUT2D eigenvalue weighted by Crippen LogP contribution is 2.41. The second-order valence-electron chi connectivity index (χ2n) is 7.04. The molecule has 3 N–H and O–H groups in total. The van der Waals surface area contributed by atoms with Gasteiger partial charge in [-0.25, -0.2) is 5.84 Å². The highest BCUT2D eigenvalue weighted by molar-refractivity contribution is 5.89. The Morgan fingerprint density at radius 1 is 1.35 bits per heavy atom. The van der Waals surface area contributed by atoms with Gasteiger partial charge in [-0.15, -0.1) is 0 Å². The van der Waals surface area contributed by atoms with E-state index in [-0.39, 0.29) is 17.5 Å².